The van der Waals surface area contributed by atoms with Crippen LogP contribution in [0.4, 0.5) is 0 Å². The second kappa shape index (κ2) is 10.3. The molecule has 0 bridgehead atoms. The second-order valence-electron chi connectivity index (χ2n) is 8.41. The van der Waals surface area contributed by atoms with E-state index in [0.717, 1.165) is 15.0 Å². The van der Waals surface area contributed by atoms with E-state index >= 15 is 0 Å². The summed E-state index contributed by atoms with van der Waals surface area (Å²) in [7, 11) is 0.755. The Morgan fingerprint density at radius 1 is 0.758 bits per heavy atom. The van der Waals surface area contributed by atoms with Crippen LogP contribution in [0.2, 0.25) is 0 Å². The summed E-state index contributed by atoms with van der Waals surface area (Å²) in [5.74, 6) is 0. The molecule has 0 spiro atoms. The van der Waals surface area contributed by atoms with E-state index in [1.807, 2.05) is 0 Å². The average Bonchev–Trinajstić information content (AvgIpc) is 3.34. The van der Waals surface area contributed by atoms with Gasteiger partial charge in [-0.05, 0) is 0 Å². The largest absolute Gasteiger partial charge is 1.00 e. The standard InChI is InChI=1S/C16H14P.C13H9.2ClH.Ti/c1-12-6-2-5-9-16(12)17-15-10-13-7-3-4-8-14(13)11-15;1-3-7-12-10(5-1)9-11-6-2-4-8-13(11)12;;;/h2-11,17H,1H3;1-5,7-8H,9H2;2*1H;/q;;;;+2/p-2. The maximum absolute atomic E-state index is 2.49. The number of aryl methyl sites for hydroxylation is 1. The third kappa shape index (κ3) is 4.53. The quantitative estimate of drug-likeness (QED) is 0.237. The van der Waals surface area contributed by atoms with Crippen LogP contribution in [-0.4, -0.2) is 0 Å². The number of benzene rings is 4. The first-order valence-corrected chi connectivity index (χ1v) is 13.6. The molecule has 2 aliphatic rings. The van der Waals surface area contributed by atoms with Crippen LogP contribution >= 0.6 is 8.58 Å². The van der Waals surface area contributed by atoms with Crippen LogP contribution in [0.1, 0.15) is 32.0 Å². The van der Waals surface area contributed by atoms with Crippen molar-refractivity contribution in [1.82, 2.24) is 0 Å². The summed E-state index contributed by atoms with van der Waals surface area (Å²) in [6.45, 7) is 2.25. The Morgan fingerprint density at radius 2 is 1.48 bits per heavy atom. The summed E-state index contributed by atoms with van der Waals surface area (Å²) < 4.78 is 2.22. The molecular formula is C29H23Cl2PTi. The molecular weight excluding hydrogens is 498 g/mol. The molecule has 4 aromatic rings. The third-order valence-corrected chi connectivity index (χ3v) is 11.1. The monoisotopic (exact) mass is 520 g/mol. The van der Waals surface area contributed by atoms with Crippen LogP contribution < -0.4 is 34.0 Å². The van der Waals surface area contributed by atoms with E-state index < -0.39 is 0 Å². The summed E-state index contributed by atoms with van der Waals surface area (Å²) >= 11 is -0.357. The predicted octanol–water partition coefficient (Wildman–Crippen LogP) is 0.382. The minimum absolute atomic E-state index is 0. The van der Waals surface area contributed by atoms with Crippen LogP contribution in [0, 0.1) is 6.92 Å². The zero-order valence-corrected chi connectivity index (χ0v) is 22.4. The first kappa shape index (κ1) is 24.5. The van der Waals surface area contributed by atoms with Gasteiger partial charge < -0.3 is 24.8 Å². The average molecular weight is 521 g/mol. The van der Waals surface area contributed by atoms with Crippen molar-refractivity contribution in [2.45, 2.75) is 17.6 Å². The molecule has 0 N–H and O–H groups in total. The van der Waals surface area contributed by atoms with Crippen molar-refractivity contribution in [2.75, 3.05) is 0 Å². The second-order valence-corrected chi connectivity index (χ2v) is 12.0. The van der Waals surface area contributed by atoms with Gasteiger partial charge >= 0.3 is 196 Å². The summed E-state index contributed by atoms with van der Waals surface area (Å²) in [4.78, 5) is 0. The van der Waals surface area contributed by atoms with Crippen molar-refractivity contribution in [1.29, 1.82) is 0 Å². The number of halogens is 2. The van der Waals surface area contributed by atoms with Gasteiger partial charge in [-0.15, -0.1) is 0 Å². The molecule has 0 fully saturated rings. The van der Waals surface area contributed by atoms with Gasteiger partial charge in [-0.2, -0.15) is 0 Å². The van der Waals surface area contributed by atoms with Crippen LogP contribution in [0.5, 0.6) is 0 Å². The number of rotatable bonds is 4. The predicted molar refractivity (Wildman–Crippen MR) is 131 cm³/mol. The molecule has 0 radical (unpaired) electrons. The molecule has 4 aromatic carbocycles. The van der Waals surface area contributed by atoms with E-state index in [9.17, 15) is 0 Å². The SMILES string of the molecule is Cc1ccccc1PC1=Cc2ccccc2[CH]1[Ti+2][c]1cccc2c1Cc1ccccc1-2.[Cl-].[Cl-]. The Bertz CT molecular complexity index is 1350. The Balaban J connectivity index is 0.00000130. The Labute approximate surface area is 219 Å². The molecule has 0 amide bonds. The fourth-order valence-electron chi connectivity index (χ4n) is 4.90. The summed E-state index contributed by atoms with van der Waals surface area (Å²) in [6.07, 6.45) is 3.59. The van der Waals surface area contributed by atoms with Crippen LogP contribution in [0.25, 0.3) is 17.2 Å². The molecule has 2 aliphatic carbocycles. The third-order valence-electron chi connectivity index (χ3n) is 6.50. The number of allylic oxidation sites excluding steroid dienone is 1. The molecule has 2 atom stereocenters. The summed E-state index contributed by atoms with van der Waals surface area (Å²) in [6, 6.07) is 33.9. The van der Waals surface area contributed by atoms with Crippen molar-refractivity contribution < 1.29 is 44.0 Å². The van der Waals surface area contributed by atoms with Crippen molar-refractivity contribution in [2.24, 2.45) is 0 Å². The minimum atomic E-state index is -0.357. The van der Waals surface area contributed by atoms with Gasteiger partial charge in [-0.3, -0.25) is 0 Å². The molecule has 0 saturated carbocycles. The van der Waals surface area contributed by atoms with Gasteiger partial charge in [0.1, 0.15) is 0 Å². The van der Waals surface area contributed by atoms with Gasteiger partial charge in [0, 0.05) is 0 Å². The Morgan fingerprint density at radius 3 is 2.36 bits per heavy atom. The van der Waals surface area contributed by atoms with E-state index in [0.29, 0.717) is 4.22 Å². The summed E-state index contributed by atoms with van der Waals surface area (Å²) in [5, 5.41) is 3.12. The van der Waals surface area contributed by atoms with Crippen LogP contribution in [0.15, 0.2) is 96.3 Å². The molecule has 0 aliphatic heterocycles. The van der Waals surface area contributed by atoms with E-state index in [1.165, 1.54) is 33.1 Å². The van der Waals surface area contributed by atoms with E-state index in [2.05, 4.69) is 104 Å². The first-order valence-electron chi connectivity index (χ1n) is 10.9. The van der Waals surface area contributed by atoms with Crippen molar-refractivity contribution in [3.63, 3.8) is 0 Å². The van der Waals surface area contributed by atoms with Crippen LogP contribution in [0.3, 0.4) is 0 Å². The fraction of sp³-hybridized carbons (Fsp3) is 0.103. The topological polar surface area (TPSA) is 0 Å². The minimum Gasteiger partial charge on any atom is -1.00 e. The maximum Gasteiger partial charge on any atom is -1.00 e. The number of hydrogen-bond acceptors (Lipinski definition) is 0. The number of fused-ring (bicyclic) bond motifs is 4. The molecule has 0 aromatic heterocycles. The Kier molecular flexibility index (Phi) is 7.64. The van der Waals surface area contributed by atoms with E-state index in [-0.39, 0.29) is 44.0 Å². The normalized spacial score (nSPS) is 15.1. The molecule has 33 heavy (non-hydrogen) atoms. The van der Waals surface area contributed by atoms with Crippen molar-refractivity contribution >= 4 is 23.8 Å². The maximum atomic E-state index is 2.49. The molecule has 6 rings (SSSR count). The number of hydrogen-bond donors (Lipinski definition) is 0. The smallest absolute Gasteiger partial charge is 1.00 e. The van der Waals surface area contributed by atoms with Crippen molar-refractivity contribution in [3.05, 3.63) is 124 Å². The fourth-order valence-corrected chi connectivity index (χ4v) is 9.27. The van der Waals surface area contributed by atoms with Crippen molar-refractivity contribution in [3.8, 4) is 11.1 Å². The van der Waals surface area contributed by atoms with Gasteiger partial charge in [0.2, 0.25) is 0 Å². The first-order chi connectivity index (χ1) is 15.3. The van der Waals surface area contributed by atoms with Gasteiger partial charge in [-0.1, -0.05) is 0 Å². The van der Waals surface area contributed by atoms with Gasteiger partial charge in [0.05, 0.1) is 0 Å². The molecule has 0 saturated heterocycles. The molecule has 4 heteroatoms. The van der Waals surface area contributed by atoms with E-state index in [1.54, 1.807) is 20.3 Å². The molecule has 0 nitrogen and oxygen atoms in total. The van der Waals surface area contributed by atoms with Gasteiger partial charge in [0.25, 0.3) is 0 Å². The molecule has 162 valence electrons. The van der Waals surface area contributed by atoms with Crippen LogP contribution in [-0.2, 0) is 25.6 Å². The van der Waals surface area contributed by atoms with Gasteiger partial charge in [-0.25, -0.2) is 0 Å². The van der Waals surface area contributed by atoms with Gasteiger partial charge in [0.15, 0.2) is 0 Å². The van der Waals surface area contributed by atoms with E-state index in [4.69, 9.17) is 0 Å². The zero-order chi connectivity index (χ0) is 20.8. The zero-order valence-electron chi connectivity index (χ0n) is 18.3. The molecule has 0 heterocycles. The Hall–Kier alpha value is -1.66. The molecule has 2 unspecified atom stereocenters. The summed E-state index contributed by atoms with van der Waals surface area (Å²) in [5.41, 5.74) is 10.4.